The van der Waals surface area contributed by atoms with Crippen LogP contribution in [0.4, 0.5) is 8.78 Å². The molecule has 0 aromatic heterocycles. The lowest BCUT2D eigenvalue weighted by Gasteiger charge is -2.47. The molecule has 3 heteroatoms. The van der Waals surface area contributed by atoms with E-state index in [0.717, 1.165) is 32.5 Å². The summed E-state index contributed by atoms with van der Waals surface area (Å²) < 4.78 is 26.0. The number of likely N-dealkylation sites (tertiary alicyclic amines) is 1. The van der Waals surface area contributed by atoms with Crippen molar-refractivity contribution in [1.82, 2.24) is 4.90 Å². The first-order valence-corrected chi connectivity index (χ1v) is 6.10. The summed E-state index contributed by atoms with van der Waals surface area (Å²) in [6.45, 7) is 8.89. The highest BCUT2D eigenvalue weighted by molar-refractivity contribution is 4.92. The molecule has 1 saturated heterocycles. The van der Waals surface area contributed by atoms with E-state index < -0.39 is 12.3 Å². The minimum absolute atomic E-state index is 0.150. The summed E-state index contributed by atoms with van der Waals surface area (Å²) in [4.78, 5) is 2.31. The number of nitrogens with zero attached hydrogens (tertiary/aromatic N) is 1. The van der Waals surface area contributed by atoms with Crippen molar-refractivity contribution in [3.8, 4) is 0 Å². The molecule has 15 heavy (non-hydrogen) atoms. The van der Waals surface area contributed by atoms with E-state index in [9.17, 15) is 8.78 Å². The third-order valence-corrected chi connectivity index (χ3v) is 4.24. The number of piperidine rings is 1. The zero-order valence-electron chi connectivity index (χ0n) is 10.1. The van der Waals surface area contributed by atoms with Gasteiger partial charge < -0.3 is 4.90 Å². The fraction of sp³-hybridized carbons (Fsp3) is 1.00. The van der Waals surface area contributed by atoms with Crippen LogP contribution in [0.5, 0.6) is 0 Å². The van der Waals surface area contributed by atoms with Gasteiger partial charge in [0.15, 0.2) is 0 Å². The Labute approximate surface area is 91.8 Å². The van der Waals surface area contributed by atoms with Gasteiger partial charge in [-0.05, 0) is 37.8 Å². The first kappa shape index (κ1) is 12.9. The van der Waals surface area contributed by atoms with E-state index in [1.165, 1.54) is 0 Å². The second-order valence-electron chi connectivity index (χ2n) is 4.67. The summed E-state index contributed by atoms with van der Waals surface area (Å²) in [6, 6.07) is 0. The Morgan fingerprint density at radius 3 is 2.27 bits per heavy atom. The lowest BCUT2D eigenvalue weighted by Crippen LogP contribution is -2.50. The van der Waals surface area contributed by atoms with Crippen LogP contribution in [-0.2, 0) is 0 Å². The van der Waals surface area contributed by atoms with Crippen LogP contribution in [0.15, 0.2) is 0 Å². The maximum Gasteiger partial charge on any atom is 0.242 e. The van der Waals surface area contributed by atoms with Crippen LogP contribution < -0.4 is 0 Å². The third kappa shape index (κ3) is 2.49. The van der Waals surface area contributed by atoms with Gasteiger partial charge >= 0.3 is 0 Å². The Morgan fingerprint density at radius 2 is 1.87 bits per heavy atom. The topological polar surface area (TPSA) is 3.24 Å². The zero-order valence-corrected chi connectivity index (χ0v) is 10.1. The van der Waals surface area contributed by atoms with Gasteiger partial charge in [0, 0.05) is 12.5 Å². The molecule has 1 heterocycles. The van der Waals surface area contributed by atoms with E-state index in [4.69, 9.17) is 0 Å². The molecule has 1 aliphatic rings. The Balaban J connectivity index is 2.81. The first-order valence-electron chi connectivity index (χ1n) is 6.10. The van der Waals surface area contributed by atoms with Crippen molar-refractivity contribution in [1.29, 1.82) is 0 Å². The van der Waals surface area contributed by atoms with Crippen LogP contribution in [0, 0.1) is 11.3 Å². The van der Waals surface area contributed by atoms with E-state index in [-0.39, 0.29) is 5.41 Å². The van der Waals surface area contributed by atoms with E-state index in [0.29, 0.717) is 6.42 Å². The monoisotopic (exact) mass is 219 g/mol. The molecule has 0 aromatic carbocycles. The Kier molecular flexibility index (Phi) is 4.50. The molecular weight excluding hydrogens is 196 g/mol. The molecule has 0 N–H and O–H groups in total. The minimum atomic E-state index is -2.15. The lowest BCUT2D eigenvalue weighted by atomic mass is 9.67. The van der Waals surface area contributed by atoms with Gasteiger partial charge in [-0.25, -0.2) is 8.78 Å². The number of halogens is 2. The van der Waals surface area contributed by atoms with Crippen LogP contribution in [0.3, 0.4) is 0 Å². The average molecular weight is 219 g/mol. The normalized spacial score (nSPS) is 27.2. The van der Waals surface area contributed by atoms with Crippen molar-refractivity contribution in [2.75, 3.05) is 19.6 Å². The number of rotatable bonds is 4. The largest absolute Gasteiger partial charge is 0.303 e. The number of hydrogen-bond donors (Lipinski definition) is 0. The Hall–Kier alpha value is -0.180. The van der Waals surface area contributed by atoms with E-state index in [2.05, 4.69) is 25.7 Å². The highest BCUT2D eigenvalue weighted by atomic mass is 19.3. The van der Waals surface area contributed by atoms with Crippen LogP contribution in [0.1, 0.15) is 40.0 Å². The summed E-state index contributed by atoms with van der Waals surface area (Å²) in [5.74, 6) is -0.393. The van der Waals surface area contributed by atoms with Crippen LogP contribution in [0.2, 0.25) is 0 Å². The van der Waals surface area contributed by atoms with E-state index >= 15 is 0 Å². The quantitative estimate of drug-likeness (QED) is 0.700. The molecule has 1 aliphatic heterocycles. The molecule has 0 saturated carbocycles. The maximum atomic E-state index is 13.0. The summed E-state index contributed by atoms with van der Waals surface area (Å²) in [5, 5.41) is 0. The van der Waals surface area contributed by atoms with Crippen molar-refractivity contribution in [3.05, 3.63) is 0 Å². The van der Waals surface area contributed by atoms with Gasteiger partial charge in [0.25, 0.3) is 0 Å². The smallest absolute Gasteiger partial charge is 0.242 e. The molecule has 0 amide bonds. The summed E-state index contributed by atoms with van der Waals surface area (Å²) in [6.07, 6.45) is 0.251. The van der Waals surface area contributed by atoms with Gasteiger partial charge in [0.2, 0.25) is 6.43 Å². The highest BCUT2D eigenvalue weighted by Crippen LogP contribution is 2.44. The average Bonchev–Trinajstić information content (AvgIpc) is 2.27. The molecule has 1 rings (SSSR count). The minimum Gasteiger partial charge on any atom is -0.303 e. The van der Waals surface area contributed by atoms with Gasteiger partial charge in [0.05, 0.1) is 0 Å². The van der Waals surface area contributed by atoms with Crippen LogP contribution in [0.25, 0.3) is 0 Å². The van der Waals surface area contributed by atoms with Crippen molar-refractivity contribution < 1.29 is 8.78 Å². The molecule has 1 fully saturated rings. The summed E-state index contributed by atoms with van der Waals surface area (Å²) >= 11 is 0. The third-order valence-electron chi connectivity index (χ3n) is 4.24. The van der Waals surface area contributed by atoms with Gasteiger partial charge in [-0.3, -0.25) is 0 Å². The molecule has 0 unspecified atom stereocenters. The lowest BCUT2D eigenvalue weighted by molar-refractivity contribution is -0.0654. The SMILES string of the molecule is CCN1CC[C@H](C(F)F)C(CC)(CC)C1. The van der Waals surface area contributed by atoms with Crippen LogP contribution >= 0.6 is 0 Å². The fourth-order valence-electron chi connectivity index (χ4n) is 2.93. The molecule has 0 aliphatic carbocycles. The van der Waals surface area contributed by atoms with Crippen molar-refractivity contribution >= 4 is 0 Å². The summed E-state index contributed by atoms with van der Waals surface area (Å²) in [5.41, 5.74) is -0.150. The summed E-state index contributed by atoms with van der Waals surface area (Å²) in [7, 11) is 0. The van der Waals surface area contributed by atoms with Crippen molar-refractivity contribution in [2.24, 2.45) is 11.3 Å². The van der Waals surface area contributed by atoms with Crippen LogP contribution in [-0.4, -0.2) is 31.0 Å². The molecule has 1 atom stereocenters. The molecule has 0 spiro atoms. The molecule has 0 bridgehead atoms. The van der Waals surface area contributed by atoms with Crippen molar-refractivity contribution in [2.45, 2.75) is 46.5 Å². The molecule has 0 radical (unpaired) electrons. The molecule has 90 valence electrons. The van der Waals surface area contributed by atoms with E-state index in [1.54, 1.807) is 0 Å². The highest BCUT2D eigenvalue weighted by Gasteiger charge is 2.44. The van der Waals surface area contributed by atoms with Crippen molar-refractivity contribution in [3.63, 3.8) is 0 Å². The zero-order chi connectivity index (χ0) is 11.5. The van der Waals surface area contributed by atoms with Gasteiger partial charge in [-0.1, -0.05) is 20.8 Å². The predicted octanol–water partition coefficient (Wildman–Crippen LogP) is 3.40. The van der Waals surface area contributed by atoms with Gasteiger partial charge in [0.1, 0.15) is 0 Å². The second-order valence-corrected chi connectivity index (χ2v) is 4.67. The molecule has 0 aromatic rings. The fourth-order valence-corrected chi connectivity index (χ4v) is 2.93. The molecular formula is C12H23F2N. The van der Waals surface area contributed by atoms with E-state index in [1.807, 2.05) is 0 Å². The number of alkyl halides is 2. The Bertz CT molecular complexity index is 190. The Morgan fingerprint density at radius 1 is 1.27 bits per heavy atom. The molecule has 1 nitrogen and oxygen atoms in total. The van der Waals surface area contributed by atoms with Gasteiger partial charge in [-0.15, -0.1) is 0 Å². The maximum absolute atomic E-state index is 13.0. The van der Waals surface area contributed by atoms with Gasteiger partial charge in [-0.2, -0.15) is 0 Å². The standard InChI is InChI=1S/C12H23F2N/c1-4-12(5-2)9-15(6-3)8-7-10(12)11(13)14/h10-11H,4-9H2,1-3H3/t10-/m1/s1. The number of hydrogen-bond acceptors (Lipinski definition) is 1. The second kappa shape index (κ2) is 5.24. The predicted molar refractivity (Wildman–Crippen MR) is 59.2 cm³/mol. The first-order chi connectivity index (χ1) is 7.09.